The van der Waals surface area contributed by atoms with Crippen molar-refractivity contribution in [3.05, 3.63) is 98.5 Å². The van der Waals surface area contributed by atoms with Crippen LogP contribution >= 0.6 is 22.6 Å². The Kier molecular flexibility index (Phi) is 7.46. The molecule has 1 aliphatic rings. The molecular weight excluding hydrogens is 550 g/mol. The van der Waals surface area contributed by atoms with Crippen molar-refractivity contribution < 1.29 is 23.5 Å². The molecule has 0 aromatic heterocycles. The summed E-state index contributed by atoms with van der Waals surface area (Å²) >= 11 is 2.15. The first-order valence-corrected chi connectivity index (χ1v) is 11.7. The zero-order valence-electron chi connectivity index (χ0n) is 18.4. The van der Waals surface area contributed by atoms with Crippen LogP contribution in [0.1, 0.15) is 23.6 Å². The number of ether oxygens (including phenoxy) is 2. The van der Waals surface area contributed by atoms with Crippen molar-refractivity contribution in [2.45, 2.75) is 20.1 Å². The lowest BCUT2D eigenvalue weighted by Crippen LogP contribution is -2.30. The first-order chi connectivity index (χ1) is 16.5. The predicted octanol–water partition coefficient (Wildman–Crippen LogP) is 5.50. The number of carbonyl (C=O) groups excluding carboxylic acids is 2. The third-order valence-electron chi connectivity index (χ3n) is 5.12. The van der Waals surface area contributed by atoms with Crippen molar-refractivity contribution in [3.63, 3.8) is 0 Å². The number of nitrogens with one attached hydrogen (secondary N) is 1. The summed E-state index contributed by atoms with van der Waals surface area (Å²) in [6.07, 6.45) is 1.58. The second kappa shape index (κ2) is 10.7. The van der Waals surface area contributed by atoms with Gasteiger partial charge in [0.05, 0.1) is 16.7 Å². The van der Waals surface area contributed by atoms with Gasteiger partial charge in [0.2, 0.25) is 0 Å². The molecular formula is C26H22FIN2O4. The normalized spacial score (nSPS) is 14.4. The van der Waals surface area contributed by atoms with Gasteiger partial charge in [-0.05, 0) is 64.9 Å². The molecule has 0 saturated carbocycles. The average molecular weight is 572 g/mol. The smallest absolute Gasteiger partial charge is 0.329 e. The molecule has 34 heavy (non-hydrogen) atoms. The number of rotatable bonds is 8. The first-order valence-electron chi connectivity index (χ1n) is 10.7. The fourth-order valence-electron chi connectivity index (χ4n) is 3.48. The van der Waals surface area contributed by atoms with Crippen molar-refractivity contribution in [1.82, 2.24) is 10.2 Å². The molecule has 3 amide bonds. The van der Waals surface area contributed by atoms with Crippen LogP contribution in [-0.4, -0.2) is 23.4 Å². The van der Waals surface area contributed by atoms with E-state index < -0.39 is 17.8 Å². The maximum absolute atomic E-state index is 14.0. The van der Waals surface area contributed by atoms with Gasteiger partial charge in [-0.2, -0.15) is 0 Å². The summed E-state index contributed by atoms with van der Waals surface area (Å²) in [5, 5.41) is 2.58. The zero-order chi connectivity index (χ0) is 24.1. The summed E-state index contributed by atoms with van der Waals surface area (Å²) in [6, 6.07) is 18.9. The van der Waals surface area contributed by atoms with Gasteiger partial charge >= 0.3 is 6.03 Å². The molecule has 1 aliphatic heterocycles. The molecule has 1 heterocycles. The van der Waals surface area contributed by atoms with Crippen LogP contribution in [0.25, 0.3) is 6.08 Å². The van der Waals surface area contributed by atoms with Crippen molar-refractivity contribution >= 4 is 40.6 Å². The molecule has 0 aliphatic carbocycles. The lowest BCUT2D eigenvalue weighted by molar-refractivity contribution is -0.123. The minimum Gasteiger partial charge on any atom is -0.490 e. The van der Waals surface area contributed by atoms with E-state index in [0.29, 0.717) is 30.3 Å². The van der Waals surface area contributed by atoms with Gasteiger partial charge in [-0.25, -0.2) is 9.18 Å². The summed E-state index contributed by atoms with van der Waals surface area (Å²) < 4.78 is 26.6. The summed E-state index contributed by atoms with van der Waals surface area (Å²) in [5.74, 6) is 0.154. The van der Waals surface area contributed by atoms with Crippen molar-refractivity contribution in [1.29, 1.82) is 0 Å². The predicted molar refractivity (Wildman–Crippen MR) is 135 cm³/mol. The largest absolute Gasteiger partial charge is 0.490 e. The molecule has 1 N–H and O–H groups in total. The van der Waals surface area contributed by atoms with Crippen molar-refractivity contribution in [2.24, 2.45) is 0 Å². The van der Waals surface area contributed by atoms with Crippen LogP contribution in [0.2, 0.25) is 0 Å². The van der Waals surface area contributed by atoms with Gasteiger partial charge in [-0.3, -0.25) is 9.69 Å². The van der Waals surface area contributed by atoms with E-state index in [2.05, 4.69) is 27.9 Å². The lowest BCUT2D eigenvalue weighted by atomic mass is 10.1. The van der Waals surface area contributed by atoms with E-state index in [1.807, 2.05) is 43.3 Å². The Morgan fingerprint density at radius 2 is 1.76 bits per heavy atom. The third kappa shape index (κ3) is 5.39. The van der Waals surface area contributed by atoms with Gasteiger partial charge < -0.3 is 14.8 Å². The Morgan fingerprint density at radius 3 is 2.50 bits per heavy atom. The molecule has 0 bridgehead atoms. The Labute approximate surface area is 210 Å². The highest BCUT2D eigenvalue weighted by Crippen LogP contribution is 2.35. The molecule has 1 fully saturated rings. The Hall–Kier alpha value is -3.40. The second-order valence-electron chi connectivity index (χ2n) is 7.51. The Balaban J connectivity index is 1.56. The molecule has 0 atom stereocenters. The zero-order valence-corrected chi connectivity index (χ0v) is 20.5. The van der Waals surface area contributed by atoms with Gasteiger partial charge in [0.1, 0.15) is 18.1 Å². The highest BCUT2D eigenvalue weighted by atomic mass is 127. The number of urea groups is 1. The monoisotopic (exact) mass is 572 g/mol. The number of hydrogen-bond donors (Lipinski definition) is 1. The number of nitrogens with zero attached hydrogens (tertiary/aromatic N) is 1. The van der Waals surface area contributed by atoms with E-state index in [-0.39, 0.29) is 17.8 Å². The molecule has 174 valence electrons. The minimum atomic E-state index is -0.595. The van der Waals surface area contributed by atoms with Crippen LogP contribution in [0.4, 0.5) is 9.18 Å². The first kappa shape index (κ1) is 23.7. The molecule has 0 spiro atoms. The molecule has 3 aromatic rings. The Morgan fingerprint density at radius 1 is 1.03 bits per heavy atom. The molecule has 3 aromatic carbocycles. The summed E-state index contributed by atoms with van der Waals surface area (Å²) in [5.41, 5.74) is 2.07. The number of benzene rings is 3. The van der Waals surface area contributed by atoms with Gasteiger partial charge in [-0.1, -0.05) is 48.5 Å². The quantitative estimate of drug-likeness (QED) is 0.220. The number of carbonyl (C=O) groups is 2. The van der Waals surface area contributed by atoms with Crippen LogP contribution < -0.4 is 14.8 Å². The van der Waals surface area contributed by atoms with E-state index in [0.717, 1.165) is 14.0 Å². The number of amides is 3. The van der Waals surface area contributed by atoms with Crippen LogP contribution in [0.3, 0.4) is 0 Å². The highest BCUT2D eigenvalue weighted by molar-refractivity contribution is 14.1. The van der Waals surface area contributed by atoms with E-state index in [1.54, 1.807) is 30.3 Å². The average Bonchev–Trinajstić information content (AvgIpc) is 3.08. The maximum Gasteiger partial charge on any atom is 0.329 e. The third-order valence-corrected chi connectivity index (χ3v) is 5.92. The van der Waals surface area contributed by atoms with E-state index in [9.17, 15) is 14.0 Å². The van der Waals surface area contributed by atoms with Crippen molar-refractivity contribution in [2.75, 3.05) is 6.61 Å². The fraction of sp³-hybridized carbons (Fsp3) is 0.154. The minimum absolute atomic E-state index is 0.109. The SMILES string of the molecule is CCOc1cc(/C=C2/NC(=O)N(Cc3ccccc3F)C2=O)cc(I)c1OCc1ccccc1. The number of halogens is 2. The van der Waals surface area contributed by atoms with Crippen LogP contribution in [0.15, 0.2) is 72.4 Å². The number of imide groups is 1. The van der Waals surface area contributed by atoms with Gasteiger partial charge in [0, 0.05) is 5.56 Å². The molecule has 4 rings (SSSR count). The molecule has 1 saturated heterocycles. The molecule has 0 radical (unpaired) electrons. The lowest BCUT2D eigenvalue weighted by Gasteiger charge is -2.15. The van der Waals surface area contributed by atoms with Crippen LogP contribution in [0, 0.1) is 9.39 Å². The van der Waals surface area contributed by atoms with E-state index >= 15 is 0 Å². The highest BCUT2D eigenvalue weighted by Gasteiger charge is 2.34. The summed E-state index contributed by atoms with van der Waals surface area (Å²) in [7, 11) is 0. The van der Waals surface area contributed by atoms with E-state index in [4.69, 9.17) is 9.47 Å². The standard InChI is InChI=1S/C26H22FIN2O4/c1-2-33-23-14-18(12-21(28)24(23)34-16-17-8-4-3-5-9-17)13-22-25(31)30(26(32)29-22)15-19-10-6-7-11-20(19)27/h3-14H,2,15-16H2,1H3,(H,29,32)/b22-13+. The fourth-order valence-corrected chi connectivity index (χ4v) is 4.26. The molecule has 8 heteroatoms. The van der Waals surface area contributed by atoms with Crippen LogP contribution in [-0.2, 0) is 17.9 Å². The van der Waals surface area contributed by atoms with Gasteiger partial charge in [-0.15, -0.1) is 0 Å². The molecule has 0 unspecified atom stereocenters. The van der Waals surface area contributed by atoms with Gasteiger partial charge in [0.15, 0.2) is 11.5 Å². The second-order valence-corrected chi connectivity index (χ2v) is 8.67. The van der Waals surface area contributed by atoms with Gasteiger partial charge in [0.25, 0.3) is 5.91 Å². The van der Waals surface area contributed by atoms with Crippen molar-refractivity contribution in [3.8, 4) is 11.5 Å². The molecule has 6 nitrogen and oxygen atoms in total. The topological polar surface area (TPSA) is 67.9 Å². The van der Waals surface area contributed by atoms with E-state index in [1.165, 1.54) is 6.07 Å². The number of hydrogen-bond acceptors (Lipinski definition) is 4. The summed E-state index contributed by atoms with van der Waals surface area (Å²) in [4.78, 5) is 26.2. The summed E-state index contributed by atoms with van der Waals surface area (Å²) in [6.45, 7) is 2.55. The van der Waals surface area contributed by atoms with Crippen LogP contribution in [0.5, 0.6) is 11.5 Å². The Bertz CT molecular complexity index is 1250. The maximum atomic E-state index is 14.0.